The van der Waals surface area contributed by atoms with Gasteiger partial charge in [0.25, 0.3) is 5.56 Å². The van der Waals surface area contributed by atoms with E-state index in [9.17, 15) is 32.3 Å². The molecule has 1 N–H and O–H groups in total. The molecule has 0 saturated heterocycles. The summed E-state index contributed by atoms with van der Waals surface area (Å²) >= 11 is 6.51. The van der Waals surface area contributed by atoms with Crippen LogP contribution in [0.5, 0.6) is 17.2 Å². The number of carbonyl (C=O) groups is 2. The third kappa shape index (κ3) is 3.60. The number of hydrogen-bond acceptors (Lipinski definition) is 8. The molecule has 10 nitrogen and oxygen atoms in total. The summed E-state index contributed by atoms with van der Waals surface area (Å²) in [6.45, 7) is 1.59. The topological polar surface area (TPSA) is 118 Å². The van der Waals surface area contributed by atoms with E-state index < -0.39 is 57.7 Å². The van der Waals surface area contributed by atoms with Gasteiger partial charge in [0.15, 0.2) is 23.2 Å². The first-order valence-electron chi connectivity index (χ1n) is 13.0. The van der Waals surface area contributed by atoms with Crippen LogP contribution in [0.25, 0.3) is 0 Å². The van der Waals surface area contributed by atoms with Crippen molar-refractivity contribution in [2.75, 3.05) is 19.5 Å². The third-order valence-electron chi connectivity index (χ3n) is 8.42. The number of carbonyl (C=O) groups excluding carboxylic acids is 2. The van der Waals surface area contributed by atoms with Crippen molar-refractivity contribution in [3.63, 3.8) is 0 Å². The van der Waals surface area contributed by atoms with Gasteiger partial charge in [-0.1, -0.05) is 18.5 Å². The number of aromatic nitrogens is 2. The van der Waals surface area contributed by atoms with Gasteiger partial charge in [-0.2, -0.15) is 0 Å². The zero-order valence-electron chi connectivity index (χ0n) is 23.4. The molecule has 0 radical (unpaired) electrons. The number of rotatable bonds is 3. The van der Waals surface area contributed by atoms with Gasteiger partial charge in [0.1, 0.15) is 27.9 Å². The SMILES string of the molecule is COc1cc(OC)c2c(c1Cl)O[C@@]1(C(=O)C3=C(C[C@H]1C)Nc1c(c(=O)n(C)c(=O)n1C)C3c1cc(F)c(F)c(F)c1)C2=O. The normalized spacial score (nSPS) is 22.2. The summed E-state index contributed by atoms with van der Waals surface area (Å²) in [7, 11) is 5.23. The second-order valence-corrected chi connectivity index (χ2v) is 11.0. The summed E-state index contributed by atoms with van der Waals surface area (Å²) in [6, 6.07) is 2.71. The van der Waals surface area contributed by atoms with Crippen molar-refractivity contribution in [1.29, 1.82) is 0 Å². The standard InChI is InChI=1S/C29H23ClF3N3O7/c1-10-6-14-18(24(37)29(10)25(38)19-15(41-4)9-16(42-5)21(30)23(19)43-29)17(11-7-12(31)22(33)13(32)8-11)20-26(34-14)35(2)28(40)36(3)27(20)39/h7-10,17,34H,6H2,1-5H3/t10-,17?,29+/m1/s1. The summed E-state index contributed by atoms with van der Waals surface area (Å²) in [4.78, 5) is 55.3. The summed E-state index contributed by atoms with van der Waals surface area (Å²) in [5.74, 6) is -8.95. The van der Waals surface area contributed by atoms with Gasteiger partial charge in [-0.15, -0.1) is 0 Å². The number of allylic oxidation sites excluding steroid dienone is 1. The minimum Gasteiger partial charge on any atom is -0.496 e. The zero-order valence-corrected chi connectivity index (χ0v) is 24.1. The molecule has 0 bridgehead atoms. The maximum atomic E-state index is 14.7. The van der Waals surface area contributed by atoms with E-state index in [0.717, 1.165) is 9.13 Å². The fourth-order valence-electron chi connectivity index (χ4n) is 6.26. The molecule has 0 saturated carbocycles. The number of Topliss-reactive ketones (excluding diaryl/α,β-unsaturated/α-hetero) is 2. The van der Waals surface area contributed by atoms with E-state index in [1.165, 1.54) is 34.4 Å². The maximum Gasteiger partial charge on any atom is 0.332 e. The first kappa shape index (κ1) is 28.6. The minimum absolute atomic E-state index is 0.0191. The number of nitrogens with zero attached hydrogens (tertiary/aromatic N) is 2. The maximum absolute atomic E-state index is 14.7. The molecular weight excluding hydrogens is 595 g/mol. The molecule has 3 aliphatic rings. The molecule has 2 aliphatic heterocycles. The number of ether oxygens (including phenoxy) is 3. The molecule has 1 spiro atoms. The molecule has 1 aromatic heterocycles. The Kier molecular flexibility index (Phi) is 6.31. The Bertz CT molecular complexity index is 1940. The number of anilines is 1. The van der Waals surface area contributed by atoms with Crippen LogP contribution in [0.2, 0.25) is 5.02 Å². The molecule has 3 heterocycles. The van der Waals surface area contributed by atoms with Gasteiger partial charge in [0.05, 0.1) is 19.8 Å². The number of benzene rings is 2. The molecule has 3 aromatic rings. The highest BCUT2D eigenvalue weighted by Crippen LogP contribution is 2.56. The summed E-state index contributed by atoms with van der Waals surface area (Å²) < 4.78 is 62.0. The van der Waals surface area contributed by atoms with E-state index in [1.54, 1.807) is 6.92 Å². The van der Waals surface area contributed by atoms with Crippen LogP contribution in [0.3, 0.4) is 0 Å². The van der Waals surface area contributed by atoms with Crippen molar-refractivity contribution in [3.8, 4) is 17.2 Å². The van der Waals surface area contributed by atoms with E-state index in [-0.39, 0.29) is 62.5 Å². The van der Waals surface area contributed by atoms with E-state index in [0.29, 0.717) is 12.1 Å². The summed E-state index contributed by atoms with van der Waals surface area (Å²) in [6.07, 6.45) is -0.0383. The van der Waals surface area contributed by atoms with Crippen molar-refractivity contribution in [2.45, 2.75) is 24.9 Å². The Morgan fingerprint density at radius 2 is 1.60 bits per heavy atom. The van der Waals surface area contributed by atoms with E-state index in [2.05, 4.69) is 5.32 Å². The van der Waals surface area contributed by atoms with Crippen molar-refractivity contribution in [1.82, 2.24) is 9.13 Å². The number of ketones is 2. The summed E-state index contributed by atoms with van der Waals surface area (Å²) in [5.41, 5.74) is -4.42. The molecule has 3 atom stereocenters. The molecule has 1 aliphatic carbocycles. The second kappa shape index (κ2) is 9.49. The number of hydrogen-bond donors (Lipinski definition) is 1. The fraction of sp³-hybridized carbons (Fsp3) is 0.310. The lowest BCUT2D eigenvalue weighted by Gasteiger charge is -2.42. The molecular formula is C29H23ClF3N3O7. The Hall–Kier alpha value is -4.52. The quantitative estimate of drug-likeness (QED) is 0.350. The molecule has 14 heteroatoms. The third-order valence-corrected chi connectivity index (χ3v) is 8.77. The number of nitrogens with one attached hydrogen (secondary N) is 1. The highest BCUT2D eigenvalue weighted by atomic mass is 35.5. The molecule has 6 rings (SSSR count). The Morgan fingerprint density at radius 1 is 0.977 bits per heavy atom. The van der Waals surface area contributed by atoms with E-state index in [1.807, 2.05) is 0 Å². The lowest BCUT2D eigenvalue weighted by Crippen LogP contribution is -2.58. The Morgan fingerprint density at radius 3 is 2.21 bits per heavy atom. The predicted octanol–water partition coefficient (Wildman–Crippen LogP) is 3.61. The van der Waals surface area contributed by atoms with Crippen molar-refractivity contribution in [2.24, 2.45) is 20.0 Å². The Labute approximate surface area is 246 Å². The van der Waals surface area contributed by atoms with Crippen molar-refractivity contribution >= 4 is 29.0 Å². The highest BCUT2D eigenvalue weighted by molar-refractivity contribution is 6.36. The predicted molar refractivity (Wildman–Crippen MR) is 147 cm³/mol. The molecule has 1 unspecified atom stereocenters. The minimum atomic E-state index is -2.22. The monoisotopic (exact) mass is 617 g/mol. The van der Waals surface area contributed by atoms with E-state index >= 15 is 0 Å². The van der Waals surface area contributed by atoms with Crippen LogP contribution in [0, 0.1) is 23.4 Å². The van der Waals surface area contributed by atoms with Gasteiger partial charge in [-0.25, -0.2) is 18.0 Å². The van der Waals surface area contributed by atoms with Crippen LogP contribution >= 0.6 is 11.6 Å². The van der Waals surface area contributed by atoms with Gasteiger partial charge >= 0.3 is 5.69 Å². The van der Waals surface area contributed by atoms with Gasteiger partial charge in [0, 0.05) is 43.3 Å². The lowest BCUT2D eigenvalue weighted by molar-refractivity contribution is -0.130. The Balaban J connectivity index is 1.64. The van der Waals surface area contributed by atoms with Crippen LogP contribution in [-0.4, -0.2) is 40.5 Å². The summed E-state index contributed by atoms with van der Waals surface area (Å²) in [5, 5.41) is 2.90. The second-order valence-electron chi connectivity index (χ2n) is 10.6. The van der Waals surface area contributed by atoms with E-state index in [4.69, 9.17) is 25.8 Å². The van der Waals surface area contributed by atoms with Gasteiger partial charge in [-0.3, -0.25) is 23.5 Å². The van der Waals surface area contributed by atoms with Gasteiger partial charge in [0.2, 0.25) is 17.2 Å². The molecule has 43 heavy (non-hydrogen) atoms. The smallest absolute Gasteiger partial charge is 0.332 e. The average Bonchev–Trinajstić information content (AvgIpc) is 3.30. The molecule has 224 valence electrons. The van der Waals surface area contributed by atoms with Crippen LogP contribution in [0.15, 0.2) is 39.1 Å². The van der Waals surface area contributed by atoms with Crippen LogP contribution in [-0.2, 0) is 18.9 Å². The average molecular weight is 618 g/mol. The lowest BCUT2D eigenvalue weighted by atomic mass is 9.66. The number of fused-ring (bicyclic) bond motifs is 2. The first-order valence-corrected chi connectivity index (χ1v) is 13.3. The van der Waals surface area contributed by atoms with Crippen molar-refractivity contribution in [3.05, 3.63) is 89.5 Å². The molecule has 2 aromatic carbocycles. The van der Waals surface area contributed by atoms with Gasteiger partial charge in [-0.05, 0) is 24.1 Å². The molecule has 0 amide bonds. The van der Waals surface area contributed by atoms with Gasteiger partial charge < -0.3 is 19.5 Å². The van der Waals surface area contributed by atoms with Crippen LogP contribution in [0.1, 0.15) is 40.7 Å². The zero-order chi connectivity index (χ0) is 31.3. The van der Waals surface area contributed by atoms with Crippen LogP contribution in [0.4, 0.5) is 19.0 Å². The first-order chi connectivity index (χ1) is 20.3. The number of halogens is 4. The largest absolute Gasteiger partial charge is 0.496 e. The van der Waals surface area contributed by atoms with Crippen LogP contribution < -0.4 is 30.8 Å². The van der Waals surface area contributed by atoms with Crippen molar-refractivity contribution < 1.29 is 37.0 Å². The number of methoxy groups -OCH3 is 2. The fourth-order valence-corrected chi connectivity index (χ4v) is 6.53. The highest BCUT2D eigenvalue weighted by Gasteiger charge is 2.63. The molecule has 0 fully saturated rings.